The molecule has 6 heteroatoms. The molecular weight excluding hydrogens is 290 g/mol. The Bertz CT molecular complexity index is 620. The van der Waals surface area contributed by atoms with Crippen LogP contribution < -0.4 is 0 Å². The molecule has 22 heavy (non-hydrogen) atoms. The third-order valence-electron chi connectivity index (χ3n) is 4.59. The normalized spacial score (nSPS) is 24.6. The van der Waals surface area contributed by atoms with Crippen molar-refractivity contribution in [3.05, 3.63) is 35.4 Å². The molecule has 0 saturated carbocycles. The Morgan fingerprint density at radius 2 is 2.14 bits per heavy atom. The average molecular weight is 308 g/mol. The van der Waals surface area contributed by atoms with Gasteiger partial charge in [-0.25, -0.2) is 8.78 Å². The zero-order chi connectivity index (χ0) is 15.9. The lowest BCUT2D eigenvalue weighted by atomic mass is 10.0. The number of hydrogen-bond acceptors (Lipinski definition) is 2. The van der Waals surface area contributed by atoms with Gasteiger partial charge in [0.1, 0.15) is 6.04 Å². The minimum absolute atomic E-state index is 0.0264. The molecule has 1 aromatic rings. The molecule has 0 aliphatic carbocycles. The smallest absolute Gasteiger partial charge is 0.245 e. The van der Waals surface area contributed by atoms with Crippen LogP contribution in [0.1, 0.15) is 25.3 Å². The molecule has 0 radical (unpaired) electrons. The molecule has 0 N–H and O–H groups in total. The Morgan fingerprint density at radius 3 is 2.91 bits per heavy atom. The second-order valence-electron chi connectivity index (χ2n) is 5.94. The summed E-state index contributed by atoms with van der Waals surface area (Å²) in [5, 5.41) is 0. The van der Waals surface area contributed by atoms with Crippen molar-refractivity contribution in [2.24, 2.45) is 0 Å². The van der Waals surface area contributed by atoms with Crippen molar-refractivity contribution in [3.8, 4) is 0 Å². The van der Waals surface area contributed by atoms with Crippen LogP contribution >= 0.6 is 0 Å². The van der Waals surface area contributed by atoms with Crippen molar-refractivity contribution in [1.29, 1.82) is 0 Å². The molecule has 0 spiro atoms. The average Bonchev–Trinajstić information content (AvgIpc) is 2.96. The number of amides is 2. The van der Waals surface area contributed by atoms with E-state index < -0.39 is 17.7 Å². The van der Waals surface area contributed by atoms with E-state index in [1.807, 2.05) is 4.90 Å². The van der Waals surface area contributed by atoms with Gasteiger partial charge in [0.15, 0.2) is 11.6 Å². The van der Waals surface area contributed by atoms with Crippen LogP contribution in [0.5, 0.6) is 0 Å². The molecule has 2 aliphatic heterocycles. The zero-order valence-corrected chi connectivity index (χ0v) is 12.4. The number of fused-ring (bicyclic) bond motifs is 1. The second kappa shape index (κ2) is 5.66. The van der Waals surface area contributed by atoms with Gasteiger partial charge in [0, 0.05) is 24.7 Å². The van der Waals surface area contributed by atoms with Gasteiger partial charge in [0.05, 0.1) is 6.42 Å². The molecule has 0 bridgehead atoms. The SMILES string of the molecule is C[C@@H]1C(=O)N2CCC[C@H]2CN1C(=O)Cc1cccc(F)c1F. The maximum Gasteiger partial charge on any atom is 0.245 e. The lowest BCUT2D eigenvalue weighted by Gasteiger charge is -2.41. The first-order chi connectivity index (χ1) is 10.5. The van der Waals surface area contributed by atoms with E-state index in [4.69, 9.17) is 0 Å². The Kier molecular flexibility index (Phi) is 3.85. The number of benzene rings is 1. The molecule has 2 aliphatic rings. The van der Waals surface area contributed by atoms with Crippen LogP contribution in [0.3, 0.4) is 0 Å². The summed E-state index contributed by atoms with van der Waals surface area (Å²) in [7, 11) is 0. The van der Waals surface area contributed by atoms with E-state index in [2.05, 4.69) is 0 Å². The highest BCUT2D eigenvalue weighted by molar-refractivity contribution is 5.89. The maximum atomic E-state index is 13.7. The van der Waals surface area contributed by atoms with Crippen molar-refractivity contribution in [2.45, 2.75) is 38.3 Å². The summed E-state index contributed by atoms with van der Waals surface area (Å²) >= 11 is 0. The fourth-order valence-corrected chi connectivity index (χ4v) is 3.34. The first-order valence-electron chi connectivity index (χ1n) is 7.52. The van der Waals surface area contributed by atoms with Gasteiger partial charge in [-0.05, 0) is 25.8 Å². The molecule has 2 amide bonds. The third-order valence-corrected chi connectivity index (χ3v) is 4.59. The van der Waals surface area contributed by atoms with Gasteiger partial charge >= 0.3 is 0 Å². The predicted molar refractivity (Wildman–Crippen MR) is 76.0 cm³/mol. The first-order valence-corrected chi connectivity index (χ1v) is 7.52. The van der Waals surface area contributed by atoms with Crippen LogP contribution in [0.2, 0.25) is 0 Å². The van der Waals surface area contributed by atoms with E-state index in [1.165, 1.54) is 17.0 Å². The number of carbonyl (C=O) groups excluding carboxylic acids is 2. The number of nitrogens with zero attached hydrogens (tertiary/aromatic N) is 2. The molecular formula is C16H18F2N2O2. The van der Waals surface area contributed by atoms with Crippen molar-refractivity contribution < 1.29 is 18.4 Å². The van der Waals surface area contributed by atoms with Crippen molar-refractivity contribution >= 4 is 11.8 Å². The summed E-state index contributed by atoms with van der Waals surface area (Å²) < 4.78 is 26.9. The van der Waals surface area contributed by atoms with Crippen LogP contribution in [0.15, 0.2) is 18.2 Å². The highest BCUT2D eigenvalue weighted by Gasteiger charge is 2.41. The van der Waals surface area contributed by atoms with E-state index in [-0.39, 0.29) is 29.8 Å². The van der Waals surface area contributed by atoms with Crippen molar-refractivity contribution in [2.75, 3.05) is 13.1 Å². The highest BCUT2D eigenvalue weighted by Crippen LogP contribution is 2.26. The molecule has 118 valence electrons. The van der Waals surface area contributed by atoms with Crippen LogP contribution in [-0.2, 0) is 16.0 Å². The summed E-state index contributed by atoms with van der Waals surface area (Å²) in [6.07, 6.45) is 1.61. The van der Waals surface area contributed by atoms with E-state index in [9.17, 15) is 18.4 Å². The number of halogens is 2. The topological polar surface area (TPSA) is 40.6 Å². The maximum absolute atomic E-state index is 13.7. The van der Waals surface area contributed by atoms with Crippen LogP contribution in [-0.4, -0.2) is 46.8 Å². The Hall–Kier alpha value is -1.98. The number of piperazine rings is 1. The van der Waals surface area contributed by atoms with E-state index in [0.29, 0.717) is 6.54 Å². The third kappa shape index (κ3) is 2.46. The standard InChI is InChI=1S/C16H18F2N2O2/c1-10-16(22)19-7-3-5-12(19)9-20(10)14(21)8-11-4-2-6-13(17)15(11)18/h2,4,6,10,12H,3,5,7-9H2,1H3/t10-,12+/m1/s1. The van der Waals surface area contributed by atoms with Gasteiger partial charge < -0.3 is 9.80 Å². The van der Waals surface area contributed by atoms with Gasteiger partial charge in [-0.1, -0.05) is 12.1 Å². The second-order valence-corrected chi connectivity index (χ2v) is 5.94. The fraction of sp³-hybridized carbons (Fsp3) is 0.500. The van der Waals surface area contributed by atoms with E-state index in [0.717, 1.165) is 25.5 Å². The largest absolute Gasteiger partial charge is 0.336 e. The number of rotatable bonds is 2. The van der Waals surface area contributed by atoms with Gasteiger partial charge in [0.2, 0.25) is 11.8 Å². The lowest BCUT2D eigenvalue weighted by Crippen LogP contribution is -2.60. The predicted octanol–water partition coefficient (Wildman–Crippen LogP) is 1.73. The summed E-state index contributed by atoms with van der Waals surface area (Å²) in [4.78, 5) is 28.1. The van der Waals surface area contributed by atoms with E-state index in [1.54, 1.807) is 6.92 Å². The molecule has 2 fully saturated rings. The van der Waals surface area contributed by atoms with Crippen LogP contribution in [0, 0.1) is 11.6 Å². The molecule has 0 aromatic heterocycles. The lowest BCUT2D eigenvalue weighted by molar-refractivity contribution is -0.152. The molecule has 3 rings (SSSR count). The quantitative estimate of drug-likeness (QED) is 0.835. The van der Waals surface area contributed by atoms with Crippen LogP contribution in [0.4, 0.5) is 8.78 Å². The molecule has 2 saturated heterocycles. The van der Waals surface area contributed by atoms with Crippen LogP contribution in [0.25, 0.3) is 0 Å². The van der Waals surface area contributed by atoms with Crippen molar-refractivity contribution in [3.63, 3.8) is 0 Å². The van der Waals surface area contributed by atoms with Gasteiger partial charge in [-0.15, -0.1) is 0 Å². The summed E-state index contributed by atoms with van der Waals surface area (Å²) in [5.41, 5.74) is 0.0264. The van der Waals surface area contributed by atoms with Gasteiger partial charge in [0.25, 0.3) is 0 Å². The highest BCUT2D eigenvalue weighted by atomic mass is 19.2. The zero-order valence-electron chi connectivity index (χ0n) is 12.4. The van der Waals surface area contributed by atoms with Gasteiger partial charge in [-0.2, -0.15) is 0 Å². The summed E-state index contributed by atoms with van der Waals surface area (Å²) in [5.74, 6) is -2.34. The minimum Gasteiger partial charge on any atom is -0.336 e. The van der Waals surface area contributed by atoms with Gasteiger partial charge in [-0.3, -0.25) is 9.59 Å². The monoisotopic (exact) mass is 308 g/mol. The van der Waals surface area contributed by atoms with Crippen molar-refractivity contribution in [1.82, 2.24) is 9.80 Å². The minimum atomic E-state index is -0.991. The fourth-order valence-electron chi connectivity index (χ4n) is 3.34. The Morgan fingerprint density at radius 1 is 1.36 bits per heavy atom. The Labute approximate surface area is 127 Å². The molecule has 2 heterocycles. The van der Waals surface area contributed by atoms with E-state index >= 15 is 0 Å². The number of hydrogen-bond donors (Lipinski definition) is 0. The number of carbonyl (C=O) groups is 2. The molecule has 0 unspecified atom stereocenters. The summed E-state index contributed by atoms with van der Waals surface area (Å²) in [6.45, 7) is 2.91. The molecule has 2 atom stereocenters. The Balaban J connectivity index is 1.77. The molecule has 4 nitrogen and oxygen atoms in total. The first kappa shape index (κ1) is 14.9. The summed E-state index contributed by atoms with van der Waals surface area (Å²) in [6, 6.07) is 3.31. The molecule has 1 aromatic carbocycles.